The standard InChI is InChI=1S/C8H16BO4PS2/c1-3-14(15,16)13-7-5(4-11-2)12-8(9)6(7)10/h5-8,10H,3-4H2,1-2H3,(H,15,16)/t5-,6?,7+,8-/m1/s1. The van der Waals surface area contributed by atoms with Crippen LogP contribution in [-0.2, 0) is 25.8 Å². The molecule has 1 rings (SSSR count). The number of ether oxygens (including phenoxy) is 2. The summed E-state index contributed by atoms with van der Waals surface area (Å²) in [5.41, 5.74) is -2.17. The van der Waals surface area contributed by atoms with E-state index in [0.29, 0.717) is 12.8 Å². The Morgan fingerprint density at radius 3 is 2.75 bits per heavy atom. The van der Waals surface area contributed by atoms with E-state index in [-0.39, 0.29) is 0 Å². The minimum atomic E-state index is -2.17. The third kappa shape index (κ3) is 3.70. The van der Waals surface area contributed by atoms with Crippen LogP contribution in [0.15, 0.2) is 0 Å². The summed E-state index contributed by atoms with van der Waals surface area (Å²) < 4.78 is 16.0. The first kappa shape index (κ1) is 15.0. The second-order valence-electron chi connectivity index (χ2n) is 3.61. The SMILES string of the molecule is [B][C@@H]1O[C@H](COC)[C@H](OP(=S)(S)CC)C1O. The van der Waals surface area contributed by atoms with Crippen LogP contribution in [0, 0.1) is 0 Å². The quantitative estimate of drug-likeness (QED) is 0.438. The van der Waals surface area contributed by atoms with Crippen LogP contribution < -0.4 is 0 Å². The van der Waals surface area contributed by atoms with Crippen LogP contribution >= 0.6 is 17.7 Å². The van der Waals surface area contributed by atoms with E-state index in [2.05, 4.69) is 12.2 Å². The lowest BCUT2D eigenvalue weighted by atomic mass is 9.93. The molecule has 0 amide bonds. The highest BCUT2D eigenvalue weighted by atomic mass is 32.9. The second kappa shape index (κ2) is 6.18. The fourth-order valence-electron chi connectivity index (χ4n) is 1.46. The minimum absolute atomic E-state index is 0.308. The zero-order valence-electron chi connectivity index (χ0n) is 9.28. The van der Waals surface area contributed by atoms with Gasteiger partial charge in [0.2, 0.25) is 0 Å². The van der Waals surface area contributed by atoms with E-state index in [1.165, 1.54) is 0 Å². The molecular formula is C8H16BO4PS2. The van der Waals surface area contributed by atoms with Crippen LogP contribution in [0.2, 0.25) is 0 Å². The lowest BCUT2D eigenvalue weighted by Gasteiger charge is -2.25. The molecule has 0 bridgehead atoms. The smallest absolute Gasteiger partial charge is 0.120 e. The maximum Gasteiger partial charge on any atom is 0.120 e. The van der Waals surface area contributed by atoms with Gasteiger partial charge in [0, 0.05) is 19.3 Å². The molecule has 0 aromatic rings. The summed E-state index contributed by atoms with van der Waals surface area (Å²) in [5.74, 6) is 0. The van der Waals surface area contributed by atoms with Crippen molar-refractivity contribution in [2.24, 2.45) is 0 Å². The fourth-order valence-corrected chi connectivity index (χ4v) is 2.87. The summed E-state index contributed by atoms with van der Waals surface area (Å²) in [6, 6.07) is -0.759. The van der Waals surface area contributed by atoms with Gasteiger partial charge in [-0.2, -0.15) is 0 Å². The third-order valence-corrected chi connectivity index (χ3v) is 5.92. The van der Waals surface area contributed by atoms with Gasteiger partial charge in [-0.1, -0.05) is 18.7 Å². The maximum absolute atomic E-state index is 9.82. The molecule has 0 aromatic heterocycles. The number of aliphatic hydroxyl groups excluding tert-OH is 1. The number of thiol groups is 1. The Kier molecular flexibility index (Phi) is 5.78. The summed E-state index contributed by atoms with van der Waals surface area (Å²) in [6.45, 7) is 2.21. The van der Waals surface area contributed by atoms with Crippen LogP contribution in [0.25, 0.3) is 0 Å². The Morgan fingerprint density at radius 1 is 1.62 bits per heavy atom. The Labute approximate surface area is 108 Å². The van der Waals surface area contributed by atoms with Crippen molar-refractivity contribution in [3.05, 3.63) is 0 Å². The van der Waals surface area contributed by atoms with E-state index in [1.807, 2.05) is 6.92 Å². The van der Waals surface area contributed by atoms with Gasteiger partial charge in [0.05, 0.1) is 6.61 Å². The maximum atomic E-state index is 9.82. The molecule has 4 nitrogen and oxygen atoms in total. The molecule has 2 radical (unpaired) electrons. The van der Waals surface area contributed by atoms with Gasteiger partial charge in [-0.25, -0.2) is 0 Å². The number of methoxy groups -OCH3 is 1. The second-order valence-corrected chi connectivity index (χ2v) is 10.2. The molecule has 1 saturated heterocycles. The lowest BCUT2D eigenvalue weighted by Crippen LogP contribution is -2.36. The van der Waals surface area contributed by atoms with Gasteiger partial charge in [0.1, 0.15) is 31.6 Å². The highest BCUT2D eigenvalue weighted by Gasteiger charge is 2.43. The molecule has 0 spiro atoms. The third-order valence-electron chi connectivity index (χ3n) is 2.39. The van der Waals surface area contributed by atoms with Gasteiger partial charge in [-0.3, -0.25) is 0 Å². The molecule has 0 aliphatic carbocycles. The first-order chi connectivity index (χ1) is 7.41. The Morgan fingerprint density at radius 2 is 2.25 bits per heavy atom. The number of hydrogen-bond acceptors (Lipinski definition) is 5. The van der Waals surface area contributed by atoms with Gasteiger partial charge >= 0.3 is 0 Å². The van der Waals surface area contributed by atoms with E-state index in [4.69, 9.17) is 33.7 Å². The summed E-state index contributed by atoms with van der Waals surface area (Å²) in [7, 11) is 7.14. The van der Waals surface area contributed by atoms with Gasteiger partial charge in [0.15, 0.2) is 0 Å². The van der Waals surface area contributed by atoms with Gasteiger partial charge in [-0.05, 0) is 0 Å². The zero-order chi connectivity index (χ0) is 12.3. The average molecular weight is 282 g/mol. The predicted octanol–water partition coefficient (Wildman–Crippen LogP) is 0.531. The van der Waals surface area contributed by atoms with Crippen LogP contribution in [0.1, 0.15) is 6.92 Å². The topological polar surface area (TPSA) is 47.9 Å². The molecule has 1 aliphatic heterocycles. The zero-order valence-corrected chi connectivity index (χ0v) is 11.9. The normalized spacial score (nSPS) is 38.5. The summed E-state index contributed by atoms with van der Waals surface area (Å²) in [5, 5.41) is 9.82. The molecule has 1 aliphatic rings. The summed E-state index contributed by atoms with van der Waals surface area (Å²) in [4.78, 5) is 0. The fraction of sp³-hybridized carbons (Fsp3) is 1.00. The first-order valence-corrected chi connectivity index (χ1v) is 9.05. The number of aliphatic hydroxyl groups is 1. The number of hydrogen-bond donors (Lipinski definition) is 2. The Hall–Kier alpha value is 0.905. The van der Waals surface area contributed by atoms with Crippen LogP contribution in [0.4, 0.5) is 0 Å². The molecule has 8 heteroatoms. The molecule has 1 fully saturated rings. The number of rotatable bonds is 5. The molecule has 16 heavy (non-hydrogen) atoms. The highest BCUT2D eigenvalue weighted by molar-refractivity contribution is 8.61. The van der Waals surface area contributed by atoms with Crippen molar-refractivity contribution in [3.63, 3.8) is 0 Å². The Bertz CT molecular complexity index is 281. The predicted molar refractivity (Wildman–Crippen MR) is 71.0 cm³/mol. The van der Waals surface area contributed by atoms with E-state index < -0.39 is 29.8 Å². The molecule has 0 saturated carbocycles. The monoisotopic (exact) mass is 282 g/mol. The molecule has 0 aromatic carbocycles. The summed E-state index contributed by atoms with van der Waals surface area (Å²) >= 11 is 9.51. The van der Waals surface area contributed by atoms with Gasteiger partial charge in [-0.15, -0.1) is 12.2 Å². The molecule has 1 heterocycles. The van der Waals surface area contributed by atoms with Crippen molar-refractivity contribution < 1.29 is 19.1 Å². The first-order valence-electron chi connectivity index (χ1n) is 4.99. The van der Waals surface area contributed by atoms with Crippen molar-refractivity contribution in [1.82, 2.24) is 0 Å². The van der Waals surface area contributed by atoms with Crippen molar-refractivity contribution in [2.45, 2.75) is 31.2 Å². The summed E-state index contributed by atoms with van der Waals surface area (Å²) in [6.07, 6.45) is -1.20. The van der Waals surface area contributed by atoms with Crippen molar-refractivity contribution in [3.8, 4) is 0 Å². The molecule has 2 unspecified atom stereocenters. The van der Waals surface area contributed by atoms with E-state index in [0.717, 1.165) is 0 Å². The Balaban J connectivity index is 2.70. The molecule has 1 N–H and O–H groups in total. The van der Waals surface area contributed by atoms with Crippen molar-refractivity contribution in [1.29, 1.82) is 0 Å². The van der Waals surface area contributed by atoms with E-state index in [1.54, 1.807) is 7.11 Å². The van der Waals surface area contributed by atoms with Crippen LogP contribution in [-0.4, -0.2) is 57.1 Å². The largest absolute Gasteiger partial charge is 0.388 e. The van der Waals surface area contributed by atoms with E-state index >= 15 is 0 Å². The van der Waals surface area contributed by atoms with Crippen LogP contribution in [0.3, 0.4) is 0 Å². The molecule has 92 valence electrons. The average Bonchev–Trinajstić information content (AvgIpc) is 2.47. The van der Waals surface area contributed by atoms with Crippen molar-refractivity contribution >= 4 is 37.4 Å². The highest BCUT2D eigenvalue weighted by Crippen LogP contribution is 2.54. The molecule has 5 atom stereocenters. The van der Waals surface area contributed by atoms with Crippen LogP contribution in [0.5, 0.6) is 0 Å². The van der Waals surface area contributed by atoms with Gasteiger partial charge in [0.25, 0.3) is 0 Å². The minimum Gasteiger partial charge on any atom is -0.388 e. The molecular weight excluding hydrogens is 266 g/mol. The van der Waals surface area contributed by atoms with Crippen molar-refractivity contribution in [2.75, 3.05) is 19.9 Å². The lowest BCUT2D eigenvalue weighted by molar-refractivity contribution is -0.00833. The van der Waals surface area contributed by atoms with Gasteiger partial charge < -0.3 is 19.1 Å². The van der Waals surface area contributed by atoms with E-state index in [9.17, 15) is 5.11 Å².